The van der Waals surface area contributed by atoms with Gasteiger partial charge in [0.2, 0.25) is 0 Å². The highest BCUT2D eigenvalue weighted by molar-refractivity contribution is 5.63. The molecular formula is C19H26O. The van der Waals surface area contributed by atoms with E-state index in [1.807, 2.05) is 19.9 Å². The molecule has 0 unspecified atom stereocenters. The summed E-state index contributed by atoms with van der Waals surface area (Å²) in [7, 11) is 0. The Morgan fingerprint density at radius 1 is 0.850 bits per heavy atom. The SMILES string of the molecule is CC.CCC[C@H](C)Oc1ccc(-c2ccccc2)cc1. The molecule has 20 heavy (non-hydrogen) atoms. The Labute approximate surface area is 123 Å². The lowest BCUT2D eigenvalue weighted by Crippen LogP contribution is -2.10. The number of benzene rings is 2. The third-order valence-corrected chi connectivity index (χ3v) is 2.99. The van der Waals surface area contributed by atoms with Crippen molar-refractivity contribution in [2.75, 3.05) is 0 Å². The molecule has 0 aliphatic carbocycles. The Morgan fingerprint density at radius 3 is 1.95 bits per heavy atom. The van der Waals surface area contributed by atoms with Crippen molar-refractivity contribution in [2.24, 2.45) is 0 Å². The maximum absolute atomic E-state index is 5.85. The first kappa shape index (κ1) is 16.3. The molecule has 2 rings (SSSR count). The second-order valence-corrected chi connectivity index (χ2v) is 4.61. The lowest BCUT2D eigenvalue weighted by atomic mass is 10.1. The molecule has 0 heterocycles. The molecule has 0 N–H and O–H groups in total. The molecule has 1 atom stereocenters. The normalized spacial score (nSPS) is 11.2. The molecule has 0 radical (unpaired) electrons. The average Bonchev–Trinajstić information content (AvgIpc) is 2.51. The van der Waals surface area contributed by atoms with Crippen molar-refractivity contribution in [3.05, 3.63) is 54.6 Å². The summed E-state index contributed by atoms with van der Waals surface area (Å²) in [5.74, 6) is 0.954. The zero-order chi connectivity index (χ0) is 14.8. The summed E-state index contributed by atoms with van der Waals surface area (Å²) in [5, 5.41) is 0. The largest absolute Gasteiger partial charge is 0.491 e. The van der Waals surface area contributed by atoms with E-state index < -0.39 is 0 Å². The Balaban J connectivity index is 0.000000956. The van der Waals surface area contributed by atoms with E-state index in [-0.39, 0.29) is 6.10 Å². The van der Waals surface area contributed by atoms with E-state index >= 15 is 0 Å². The van der Waals surface area contributed by atoms with Gasteiger partial charge in [-0.2, -0.15) is 0 Å². The maximum Gasteiger partial charge on any atom is 0.119 e. The second kappa shape index (κ2) is 9.19. The lowest BCUT2D eigenvalue weighted by Gasteiger charge is -2.14. The van der Waals surface area contributed by atoms with Crippen LogP contribution in [-0.2, 0) is 0 Å². The number of rotatable bonds is 5. The van der Waals surface area contributed by atoms with Gasteiger partial charge in [-0.15, -0.1) is 0 Å². The number of hydrogen-bond donors (Lipinski definition) is 0. The summed E-state index contributed by atoms with van der Waals surface area (Å²) in [6, 6.07) is 18.7. The van der Waals surface area contributed by atoms with Gasteiger partial charge in [0.25, 0.3) is 0 Å². The molecule has 0 saturated carbocycles. The molecule has 0 aromatic heterocycles. The van der Waals surface area contributed by atoms with Crippen LogP contribution in [0.25, 0.3) is 11.1 Å². The van der Waals surface area contributed by atoms with Gasteiger partial charge < -0.3 is 4.74 Å². The smallest absolute Gasteiger partial charge is 0.119 e. The van der Waals surface area contributed by atoms with E-state index in [9.17, 15) is 0 Å². The van der Waals surface area contributed by atoms with Gasteiger partial charge in [-0.05, 0) is 36.6 Å². The summed E-state index contributed by atoms with van der Waals surface area (Å²) in [5.41, 5.74) is 2.47. The molecule has 1 nitrogen and oxygen atoms in total. The highest BCUT2D eigenvalue weighted by Crippen LogP contribution is 2.22. The predicted octanol–water partition coefficient (Wildman–Crippen LogP) is 5.95. The van der Waals surface area contributed by atoms with Crippen molar-refractivity contribution in [1.82, 2.24) is 0 Å². The van der Waals surface area contributed by atoms with Crippen molar-refractivity contribution >= 4 is 0 Å². The van der Waals surface area contributed by atoms with Crippen LogP contribution in [-0.4, -0.2) is 6.10 Å². The van der Waals surface area contributed by atoms with Crippen LogP contribution in [0.5, 0.6) is 5.75 Å². The molecule has 0 saturated heterocycles. The fraction of sp³-hybridized carbons (Fsp3) is 0.368. The molecule has 2 aromatic rings. The Hall–Kier alpha value is -1.76. The van der Waals surface area contributed by atoms with Crippen LogP contribution >= 0.6 is 0 Å². The van der Waals surface area contributed by atoms with Crippen LogP contribution in [0.3, 0.4) is 0 Å². The number of hydrogen-bond acceptors (Lipinski definition) is 1. The van der Waals surface area contributed by atoms with E-state index in [0.29, 0.717) is 0 Å². The van der Waals surface area contributed by atoms with E-state index in [1.165, 1.54) is 11.1 Å². The van der Waals surface area contributed by atoms with Gasteiger partial charge in [0.1, 0.15) is 5.75 Å². The molecule has 0 fully saturated rings. The Morgan fingerprint density at radius 2 is 1.40 bits per heavy atom. The molecule has 0 aliphatic rings. The van der Waals surface area contributed by atoms with E-state index in [0.717, 1.165) is 18.6 Å². The Kier molecular flexibility index (Phi) is 7.49. The van der Waals surface area contributed by atoms with Crippen LogP contribution in [0.15, 0.2) is 54.6 Å². The standard InChI is InChI=1S/C17H20O.C2H6/c1-3-7-14(2)18-17-12-10-16(11-13-17)15-8-5-4-6-9-15;1-2/h4-6,8-14H,3,7H2,1-2H3;1-2H3/t14-;/m0./s1. The molecular weight excluding hydrogens is 244 g/mol. The minimum absolute atomic E-state index is 0.289. The molecule has 108 valence electrons. The van der Waals surface area contributed by atoms with Gasteiger partial charge in [0.15, 0.2) is 0 Å². The lowest BCUT2D eigenvalue weighted by molar-refractivity contribution is 0.210. The molecule has 2 aromatic carbocycles. The second-order valence-electron chi connectivity index (χ2n) is 4.61. The molecule has 0 amide bonds. The van der Waals surface area contributed by atoms with Crippen LogP contribution in [0.1, 0.15) is 40.5 Å². The van der Waals surface area contributed by atoms with Crippen molar-refractivity contribution in [2.45, 2.75) is 46.6 Å². The van der Waals surface area contributed by atoms with Crippen molar-refractivity contribution in [3.63, 3.8) is 0 Å². The minimum atomic E-state index is 0.289. The molecule has 1 heteroatoms. The third kappa shape index (κ3) is 5.08. The van der Waals surface area contributed by atoms with Crippen LogP contribution < -0.4 is 4.74 Å². The fourth-order valence-electron chi connectivity index (χ4n) is 2.05. The van der Waals surface area contributed by atoms with Crippen LogP contribution in [0, 0.1) is 0 Å². The van der Waals surface area contributed by atoms with E-state index in [1.54, 1.807) is 0 Å². The average molecular weight is 270 g/mol. The topological polar surface area (TPSA) is 9.23 Å². The highest BCUT2D eigenvalue weighted by atomic mass is 16.5. The van der Waals surface area contributed by atoms with Crippen LogP contribution in [0.2, 0.25) is 0 Å². The van der Waals surface area contributed by atoms with E-state index in [4.69, 9.17) is 4.74 Å². The van der Waals surface area contributed by atoms with Gasteiger partial charge in [-0.3, -0.25) is 0 Å². The first-order valence-corrected chi connectivity index (χ1v) is 7.61. The van der Waals surface area contributed by atoms with Gasteiger partial charge in [-0.1, -0.05) is 69.7 Å². The maximum atomic E-state index is 5.85. The fourth-order valence-corrected chi connectivity index (χ4v) is 2.05. The van der Waals surface area contributed by atoms with Gasteiger partial charge in [0.05, 0.1) is 6.10 Å². The highest BCUT2D eigenvalue weighted by Gasteiger charge is 2.03. The van der Waals surface area contributed by atoms with Crippen molar-refractivity contribution in [3.8, 4) is 16.9 Å². The summed E-state index contributed by atoms with van der Waals surface area (Å²) < 4.78 is 5.85. The van der Waals surface area contributed by atoms with Crippen LogP contribution in [0.4, 0.5) is 0 Å². The quantitative estimate of drug-likeness (QED) is 0.652. The predicted molar refractivity (Wildman–Crippen MR) is 88.2 cm³/mol. The summed E-state index contributed by atoms with van der Waals surface area (Å²) in [6.07, 6.45) is 2.54. The summed E-state index contributed by atoms with van der Waals surface area (Å²) in [6.45, 7) is 8.30. The Bertz CT molecular complexity index is 459. The van der Waals surface area contributed by atoms with Gasteiger partial charge in [-0.25, -0.2) is 0 Å². The minimum Gasteiger partial charge on any atom is -0.491 e. The summed E-state index contributed by atoms with van der Waals surface area (Å²) in [4.78, 5) is 0. The first-order chi connectivity index (χ1) is 9.79. The zero-order valence-electron chi connectivity index (χ0n) is 13.1. The third-order valence-electron chi connectivity index (χ3n) is 2.99. The summed E-state index contributed by atoms with van der Waals surface area (Å²) >= 11 is 0. The monoisotopic (exact) mass is 270 g/mol. The zero-order valence-corrected chi connectivity index (χ0v) is 13.1. The van der Waals surface area contributed by atoms with Gasteiger partial charge in [0, 0.05) is 0 Å². The molecule has 0 bridgehead atoms. The molecule has 0 spiro atoms. The molecule has 0 aliphatic heterocycles. The van der Waals surface area contributed by atoms with Gasteiger partial charge >= 0.3 is 0 Å². The number of ether oxygens (including phenoxy) is 1. The van der Waals surface area contributed by atoms with E-state index in [2.05, 4.69) is 62.4 Å². The van der Waals surface area contributed by atoms with Crippen molar-refractivity contribution in [1.29, 1.82) is 0 Å². The first-order valence-electron chi connectivity index (χ1n) is 7.61. The van der Waals surface area contributed by atoms with Crippen molar-refractivity contribution < 1.29 is 4.74 Å².